The van der Waals surface area contributed by atoms with Crippen molar-refractivity contribution >= 4 is 13.9 Å². The molecule has 2 nitrogen and oxygen atoms in total. The van der Waals surface area contributed by atoms with Crippen LogP contribution in [0.5, 0.6) is 5.75 Å². The van der Waals surface area contributed by atoms with Crippen LogP contribution < -0.4 is 4.74 Å². The fourth-order valence-electron chi connectivity index (χ4n) is 8.93. The maximum atomic E-state index is 14.8. The summed E-state index contributed by atoms with van der Waals surface area (Å²) in [6.45, 7) is 14.4. The molecular weight excluding hydrogens is 444 g/mol. The van der Waals surface area contributed by atoms with E-state index in [0.717, 1.165) is 12.2 Å². The summed E-state index contributed by atoms with van der Waals surface area (Å²) in [6.07, 6.45) is 15.9. The van der Waals surface area contributed by atoms with Crippen LogP contribution in [0.3, 0.4) is 0 Å². The minimum atomic E-state index is -1.33. The molecule has 35 heavy (non-hydrogen) atoms. The van der Waals surface area contributed by atoms with Gasteiger partial charge in [0.2, 0.25) is 0 Å². The molecule has 0 unspecified atom stereocenters. The van der Waals surface area contributed by atoms with E-state index in [1.54, 1.807) is 7.11 Å². The van der Waals surface area contributed by atoms with Crippen molar-refractivity contribution in [1.82, 2.24) is 0 Å². The molecule has 7 atom stereocenters. The van der Waals surface area contributed by atoms with E-state index in [1.807, 2.05) is 0 Å². The van der Waals surface area contributed by atoms with E-state index in [9.17, 15) is 4.79 Å². The Bertz CT molecular complexity index is 1050. The number of benzene rings is 1. The second kappa shape index (κ2) is 8.47. The van der Waals surface area contributed by atoms with Gasteiger partial charge in [0.25, 0.3) is 0 Å². The molecule has 5 rings (SSSR count). The fourth-order valence-corrected chi connectivity index (χ4v) is 9.66. The first kappa shape index (κ1) is 25.1. The maximum Gasteiger partial charge on any atom is 0.141 e. The van der Waals surface area contributed by atoms with Gasteiger partial charge in [0.15, 0.2) is 0 Å². The van der Waals surface area contributed by atoms with E-state index in [-0.39, 0.29) is 28.1 Å². The normalized spacial score (nSPS) is 40.9. The molecule has 0 N–H and O–H groups in total. The Morgan fingerprint density at radius 3 is 2.43 bits per heavy atom. The molecule has 1 aromatic carbocycles. The summed E-state index contributed by atoms with van der Waals surface area (Å²) in [6, 6.07) is 8.76. The highest BCUT2D eigenvalue weighted by molar-refractivity contribution is 6.82. The number of ketones is 1. The van der Waals surface area contributed by atoms with Crippen LogP contribution >= 0.6 is 0 Å². The number of Topliss-reactive ketones (excluding diaryl/α,β-unsaturated/α-hetero) is 1. The number of rotatable bonds is 5. The number of hydrogen-bond acceptors (Lipinski definition) is 2. The first-order chi connectivity index (χ1) is 16.5. The number of methoxy groups -OCH3 is 1. The quantitative estimate of drug-likeness (QED) is 0.307. The third-order valence-electron chi connectivity index (χ3n) is 11.4. The average molecular weight is 491 g/mol. The van der Waals surface area contributed by atoms with Crippen LogP contribution in [-0.2, 0) is 10.2 Å². The highest BCUT2D eigenvalue weighted by atomic mass is 28.3. The van der Waals surface area contributed by atoms with Gasteiger partial charge in [-0.15, -0.1) is 0 Å². The lowest BCUT2D eigenvalue weighted by molar-refractivity contribution is -0.130. The number of carbonyl (C=O) groups excluding carboxylic acids is 1. The van der Waals surface area contributed by atoms with Gasteiger partial charge in [-0.05, 0) is 79.4 Å². The molecule has 0 aliphatic heterocycles. The zero-order valence-corrected chi connectivity index (χ0v) is 24.1. The largest absolute Gasteiger partial charge is 0.497 e. The van der Waals surface area contributed by atoms with Gasteiger partial charge < -0.3 is 4.74 Å². The Morgan fingerprint density at radius 1 is 1.09 bits per heavy atom. The van der Waals surface area contributed by atoms with Crippen molar-refractivity contribution in [3.63, 3.8) is 0 Å². The summed E-state index contributed by atoms with van der Waals surface area (Å²) < 4.78 is 5.51. The van der Waals surface area contributed by atoms with E-state index in [2.05, 4.69) is 82.9 Å². The average Bonchev–Trinajstić information content (AvgIpc) is 3.15. The van der Waals surface area contributed by atoms with Crippen LogP contribution in [0, 0.1) is 34.5 Å². The van der Waals surface area contributed by atoms with E-state index in [0.29, 0.717) is 17.6 Å². The first-order valence-electron chi connectivity index (χ1n) is 14.1. The molecule has 0 amide bonds. The zero-order chi connectivity index (χ0) is 25.2. The molecule has 3 heteroatoms. The number of allylic oxidation sites excluding steroid dienone is 4. The summed E-state index contributed by atoms with van der Waals surface area (Å²) in [4.78, 5) is 14.8. The molecular formula is C32H46O2Si. The zero-order valence-electron chi connectivity index (χ0n) is 23.1. The van der Waals surface area contributed by atoms with Gasteiger partial charge in [-0.1, -0.05) is 81.9 Å². The second-order valence-electron chi connectivity index (χ2n) is 13.5. The Hall–Kier alpha value is -1.61. The van der Waals surface area contributed by atoms with Crippen LogP contribution in [-0.4, -0.2) is 21.0 Å². The molecule has 1 aromatic rings. The van der Waals surface area contributed by atoms with Crippen molar-refractivity contribution < 1.29 is 9.53 Å². The van der Waals surface area contributed by atoms with Crippen molar-refractivity contribution in [3.05, 3.63) is 53.3 Å². The first-order valence-corrected chi connectivity index (χ1v) is 17.6. The Morgan fingerprint density at radius 2 is 1.77 bits per heavy atom. The van der Waals surface area contributed by atoms with Crippen molar-refractivity contribution in [3.8, 4) is 5.75 Å². The third kappa shape index (κ3) is 3.36. The van der Waals surface area contributed by atoms with Crippen LogP contribution in [0.25, 0.3) is 0 Å². The number of carbonyl (C=O) groups is 1. The molecule has 0 aromatic heterocycles. The Balaban J connectivity index is 1.63. The van der Waals surface area contributed by atoms with Gasteiger partial charge in [0.05, 0.1) is 15.2 Å². The fraction of sp³-hybridized carbons (Fsp3) is 0.656. The van der Waals surface area contributed by atoms with E-state index in [1.165, 1.54) is 49.3 Å². The molecule has 3 saturated carbocycles. The van der Waals surface area contributed by atoms with Crippen LogP contribution in [0.15, 0.2) is 47.7 Å². The molecule has 0 spiro atoms. The summed E-state index contributed by atoms with van der Waals surface area (Å²) in [7, 11) is 0.405. The van der Waals surface area contributed by atoms with Crippen molar-refractivity contribution in [1.29, 1.82) is 0 Å². The van der Waals surface area contributed by atoms with Crippen LogP contribution in [0.4, 0.5) is 0 Å². The standard InChI is InChI=1S/C32H46O2Si/c1-22-10-17-27-28(29(33)26(22)16-11-23(2)35(5,6)7)32(24-12-14-25(34-4)15-13-24)21-20-31(27)19-9-8-18-30(31,32)3/h11-15,20-22,26-28H,8-10,16-19H2,1-7H3/b23-11-/t22-,26-,27-,28-,30-,31+,32+/m0/s1. The van der Waals surface area contributed by atoms with Crippen LogP contribution in [0.2, 0.25) is 19.6 Å². The van der Waals surface area contributed by atoms with Crippen LogP contribution in [0.1, 0.15) is 71.3 Å². The minimum Gasteiger partial charge on any atom is -0.497 e. The van der Waals surface area contributed by atoms with Crippen molar-refractivity contribution in [2.24, 2.45) is 34.5 Å². The van der Waals surface area contributed by atoms with E-state index < -0.39 is 8.07 Å². The Kier molecular flexibility index (Phi) is 6.06. The number of hydrogen-bond donors (Lipinski definition) is 0. The highest BCUT2D eigenvalue weighted by Crippen LogP contribution is 2.79. The third-order valence-corrected chi connectivity index (χ3v) is 13.9. The van der Waals surface area contributed by atoms with Gasteiger partial charge in [-0.25, -0.2) is 0 Å². The van der Waals surface area contributed by atoms with Crippen molar-refractivity contribution in [2.75, 3.05) is 7.11 Å². The summed E-state index contributed by atoms with van der Waals surface area (Å²) in [5.41, 5.74) is 1.43. The van der Waals surface area contributed by atoms with Crippen molar-refractivity contribution in [2.45, 2.75) is 90.8 Å². The maximum absolute atomic E-state index is 14.8. The molecule has 0 saturated heterocycles. The lowest BCUT2D eigenvalue weighted by Gasteiger charge is -2.51. The molecule has 0 heterocycles. The molecule has 4 aliphatic rings. The topological polar surface area (TPSA) is 26.3 Å². The highest BCUT2D eigenvalue weighted by Gasteiger charge is 2.77. The van der Waals surface area contributed by atoms with Gasteiger partial charge in [0.1, 0.15) is 11.5 Å². The van der Waals surface area contributed by atoms with Gasteiger partial charge in [-0.2, -0.15) is 0 Å². The summed E-state index contributed by atoms with van der Waals surface area (Å²) >= 11 is 0. The van der Waals surface area contributed by atoms with E-state index >= 15 is 0 Å². The predicted octanol–water partition coefficient (Wildman–Crippen LogP) is 8.14. The number of ether oxygens (including phenoxy) is 1. The lowest BCUT2D eigenvalue weighted by Crippen LogP contribution is -2.48. The summed E-state index contributed by atoms with van der Waals surface area (Å²) in [5.74, 6) is 2.63. The minimum absolute atomic E-state index is 0.0968. The lowest BCUT2D eigenvalue weighted by atomic mass is 9.52. The molecule has 190 valence electrons. The van der Waals surface area contributed by atoms with E-state index in [4.69, 9.17) is 4.74 Å². The smallest absolute Gasteiger partial charge is 0.141 e. The second-order valence-corrected chi connectivity index (χ2v) is 18.8. The van der Waals surface area contributed by atoms with Gasteiger partial charge >= 0.3 is 0 Å². The summed E-state index contributed by atoms with van der Waals surface area (Å²) in [5, 5.41) is 1.54. The molecule has 0 radical (unpaired) electrons. The number of fused-ring (bicyclic) bond motifs is 2. The monoisotopic (exact) mass is 490 g/mol. The van der Waals surface area contributed by atoms with Gasteiger partial charge in [0, 0.05) is 17.3 Å². The molecule has 3 fully saturated rings. The predicted molar refractivity (Wildman–Crippen MR) is 148 cm³/mol. The Labute approximate surface area is 214 Å². The SMILES string of the molecule is COc1ccc([C@@]23C=C[C@]4(CCCC[C@@]42C)[C@H]2CC[C@H](C)[C@H](C/C=C(/C)[Si](C)(C)C)C(=O)[C@H]23)cc1. The molecule has 2 bridgehead atoms. The molecule has 4 aliphatic carbocycles. The van der Waals surface area contributed by atoms with Gasteiger partial charge in [-0.3, -0.25) is 4.79 Å².